The summed E-state index contributed by atoms with van der Waals surface area (Å²) in [5.74, 6) is -1.22. The molecule has 1 heterocycles. The maximum atomic E-state index is 13.7. The Kier molecular flexibility index (Phi) is 9.27. The van der Waals surface area contributed by atoms with Crippen LogP contribution in [0.25, 0.3) is 0 Å². The second-order valence-electron chi connectivity index (χ2n) is 9.09. The first-order valence-corrected chi connectivity index (χ1v) is 13.6. The van der Waals surface area contributed by atoms with Crippen LogP contribution in [-0.2, 0) is 14.4 Å². The predicted octanol–water partition coefficient (Wildman–Crippen LogP) is 4.07. The molecule has 0 radical (unpaired) electrons. The number of phenolic OH excluding ortho intramolecular Hbond substituents is 2. The summed E-state index contributed by atoms with van der Waals surface area (Å²) < 4.78 is 4.94. The molecule has 10 nitrogen and oxygen atoms in total. The molecular formula is C28H30N4O6S. The molecule has 1 aliphatic rings. The van der Waals surface area contributed by atoms with Crippen LogP contribution in [0.2, 0.25) is 0 Å². The van der Waals surface area contributed by atoms with E-state index in [4.69, 9.17) is 4.52 Å². The zero-order valence-electron chi connectivity index (χ0n) is 21.4. The summed E-state index contributed by atoms with van der Waals surface area (Å²) in [6, 6.07) is 13.0. The first-order chi connectivity index (χ1) is 18.8. The SMILES string of the molecule is Cc1cc(NC(=O)CSCC(=O)N(c2ccccc2)[C@H](C(=O)N[C@H]2C=CCCC2)c2ccc(O)c(O)c2)no1. The van der Waals surface area contributed by atoms with Crippen molar-refractivity contribution < 1.29 is 29.1 Å². The highest BCUT2D eigenvalue weighted by Crippen LogP contribution is 2.34. The molecule has 4 N–H and O–H groups in total. The number of aromatic hydroxyl groups is 2. The molecule has 0 aliphatic heterocycles. The normalized spacial score (nSPS) is 15.4. The van der Waals surface area contributed by atoms with E-state index in [1.165, 1.54) is 23.1 Å². The summed E-state index contributed by atoms with van der Waals surface area (Å²) in [6.07, 6.45) is 6.59. The van der Waals surface area contributed by atoms with Crippen LogP contribution in [0.5, 0.6) is 11.5 Å². The number of aryl methyl sites for hydroxylation is 1. The molecule has 2 atom stereocenters. The number of hydrogen-bond acceptors (Lipinski definition) is 8. The Morgan fingerprint density at radius 3 is 2.56 bits per heavy atom. The molecule has 0 saturated heterocycles. The Hall–Kier alpha value is -4.25. The topological polar surface area (TPSA) is 145 Å². The number of thioether (sulfide) groups is 1. The third-order valence-corrected chi connectivity index (χ3v) is 6.98. The van der Waals surface area contributed by atoms with Gasteiger partial charge in [0.2, 0.25) is 17.7 Å². The number of amides is 3. The van der Waals surface area contributed by atoms with Gasteiger partial charge in [-0.2, -0.15) is 0 Å². The molecule has 39 heavy (non-hydrogen) atoms. The van der Waals surface area contributed by atoms with Crippen molar-refractivity contribution in [3.05, 3.63) is 78.1 Å². The molecule has 1 aliphatic carbocycles. The maximum absolute atomic E-state index is 13.7. The number of carbonyl (C=O) groups excluding carboxylic acids is 3. The van der Waals surface area contributed by atoms with E-state index in [2.05, 4.69) is 15.8 Å². The van der Waals surface area contributed by atoms with Crippen LogP contribution in [0.3, 0.4) is 0 Å². The second kappa shape index (κ2) is 13.0. The summed E-state index contributed by atoms with van der Waals surface area (Å²) in [5, 5.41) is 29.4. The second-order valence-corrected chi connectivity index (χ2v) is 10.1. The van der Waals surface area contributed by atoms with Crippen LogP contribution in [-0.4, -0.2) is 50.6 Å². The Morgan fingerprint density at radius 1 is 1.10 bits per heavy atom. The monoisotopic (exact) mass is 550 g/mol. The van der Waals surface area contributed by atoms with Crippen molar-refractivity contribution in [2.45, 2.75) is 38.3 Å². The number of para-hydroxylation sites is 1. The summed E-state index contributed by atoms with van der Waals surface area (Å²) >= 11 is 1.09. The lowest BCUT2D eigenvalue weighted by Crippen LogP contribution is -2.47. The van der Waals surface area contributed by atoms with E-state index in [1.807, 2.05) is 12.2 Å². The van der Waals surface area contributed by atoms with Crippen LogP contribution in [0.1, 0.15) is 36.6 Å². The smallest absolute Gasteiger partial charge is 0.248 e. The van der Waals surface area contributed by atoms with E-state index in [1.54, 1.807) is 43.3 Å². The molecule has 0 spiro atoms. The van der Waals surface area contributed by atoms with Crippen molar-refractivity contribution in [2.75, 3.05) is 21.7 Å². The summed E-state index contributed by atoms with van der Waals surface area (Å²) in [7, 11) is 0. The molecule has 3 amide bonds. The average Bonchev–Trinajstić information content (AvgIpc) is 3.33. The van der Waals surface area contributed by atoms with Gasteiger partial charge in [-0.1, -0.05) is 41.6 Å². The van der Waals surface area contributed by atoms with Crippen LogP contribution < -0.4 is 15.5 Å². The highest BCUT2D eigenvalue weighted by atomic mass is 32.2. The van der Waals surface area contributed by atoms with Gasteiger partial charge in [-0.05, 0) is 56.0 Å². The Morgan fingerprint density at radius 2 is 1.90 bits per heavy atom. The lowest BCUT2D eigenvalue weighted by molar-refractivity contribution is -0.126. The molecule has 0 unspecified atom stereocenters. The van der Waals surface area contributed by atoms with Crippen LogP contribution >= 0.6 is 11.8 Å². The third-order valence-electron chi connectivity index (χ3n) is 6.06. The molecule has 0 fully saturated rings. The minimum absolute atomic E-state index is 0.0238. The van der Waals surface area contributed by atoms with E-state index in [9.17, 15) is 24.6 Å². The minimum atomic E-state index is -1.14. The minimum Gasteiger partial charge on any atom is -0.504 e. The van der Waals surface area contributed by atoms with Crippen molar-refractivity contribution >= 4 is 41.0 Å². The number of allylic oxidation sites excluding steroid dienone is 1. The van der Waals surface area contributed by atoms with Gasteiger partial charge in [0.1, 0.15) is 11.8 Å². The fraction of sp³-hybridized carbons (Fsp3) is 0.286. The van der Waals surface area contributed by atoms with E-state index in [0.29, 0.717) is 17.0 Å². The highest BCUT2D eigenvalue weighted by Gasteiger charge is 2.34. The number of nitrogens with one attached hydrogen (secondary N) is 2. The molecule has 1 aromatic heterocycles. The lowest BCUT2D eigenvalue weighted by atomic mass is 9.99. The summed E-state index contributed by atoms with van der Waals surface area (Å²) in [5.41, 5.74) is 0.793. The number of phenols is 2. The zero-order chi connectivity index (χ0) is 27.8. The van der Waals surface area contributed by atoms with Crippen molar-refractivity contribution in [2.24, 2.45) is 0 Å². The van der Waals surface area contributed by atoms with Crippen molar-refractivity contribution in [1.29, 1.82) is 0 Å². The Balaban J connectivity index is 1.58. The van der Waals surface area contributed by atoms with Crippen LogP contribution in [0, 0.1) is 6.92 Å². The van der Waals surface area contributed by atoms with Gasteiger partial charge in [0.05, 0.1) is 11.5 Å². The van der Waals surface area contributed by atoms with Crippen LogP contribution in [0.4, 0.5) is 11.5 Å². The Bertz CT molecular complexity index is 1340. The predicted molar refractivity (Wildman–Crippen MR) is 149 cm³/mol. The average molecular weight is 551 g/mol. The van der Waals surface area contributed by atoms with Gasteiger partial charge >= 0.3 is 0 Å². The van der Waals surface area contributed by atoms with E-state index in [-0.39, 0.29) is 35.0 Å². The molecular weight excluding hydrogens is 520 g/mol. The summed E-state index contributed by atoms with van der Waals surface area (Å²) in [4.78, 5) is 41.1. The number of anilines is 2. The first-order valence-electron chi connectivity index (χ1n) is 12.5. The van der Waals surface area contributed by atoms with Gasteiger partial charge < -0.3 is 25.4 Å². The number of carbonyl (C=O) groups is 3. The quantitative estimate of drug-likeness (QED) is 0.218. The zero-order valence-corrected chi connectivity index (χ0v) is 22.2. The highest BCUT2D eigenvalue weighted by molar-refractivity contribution is 8.00. The number of nitrogens with zero attached hydrogens (tertiary/aromatic N) is 2. The molecule has 11 heteroatoms. The van der Waals surface area contributed by atoms with Gasteiger partial charge in [-0.3, -0.25) is 19.3 Å². The van der Waals surface area contributed by atoms with Crippen molar-refractivity contribution in [3.63, 3.8) is 0 Å². The molecule has 204 valence electrons. The van der Waals surface area contributed by atoms with Crippen LogP contribution in [0.15, 0.2) is 71.3 Å². The fourth-order valence-corrected chi connectivity index (χ4v) is 4.93. The number of rotatable bonds is 10. The third kappa shape index (κ3) is 7.41. The number of hydrogen-bond donors (Lipinski definition) is 4. The maximum Gasteiger partial charge on any atom is 0.248 e. The molecule has 0 saturated carbocycles. The molecule has 3 aromatic rings. The number of benzene rings is 2. The van der Waals surface area contributed by atoms with Gasteiger partial charge in [-0.15, -0.1) is 11.8 Å². The molecule has 2 aromatic carbocycles. The lowest BCUT2D eigenvalue weighted by Gasteiger charge is -2.33. The van der Waals surface area contributed by atoms with E-state index >= 15 is 0 Å². The van der Waals surface area contributed by atoms with Gasteiger partial charge in [0.15, 0.2) is 17.3 Å². The van der Waals surface area contributed by atoms with Crippen molar-refractivity contribution in [3.8, 4) is 11.5 Å². The summed E-state index contributed by atoms with van der Waals surface area (Å²) in [6.45, 7) is 1.71. The van der Waals surface area contributed by atoms with E-state index in [0.717, 1.165) is 31.0 Å². The Labute approximate surface area is 230 Å². The fourth-order valence-electron chi connectivity index (χ4n) is 4.25. The largest absolute Gasteiger partial charge is 0.504 e. The van der Waals surface area contributed by atoms with Gasteiger partial charge in [0, 0.05) is 17.8 Å². The standard InChI is InChI=1S/C28H30N4O6S/c1-18-14-24(31-38-18)30-25(35)16-39-17-26(36)32(21-10-6-3-7-11-21)27(19-12-13-22(33)23(34)15-19)28(37)29-20-8-4-2-5-9-20/h3-4,6-8,10-15,20,27,33-34H,2,5,9,16-17H2,1H3,(H,29,37)(H,30,31,35)/t20-,27-/m0/s1. The van der Waals surface area contributed by atoms with Crippen molar-refractivity contribution in [1.82, 2.24) is 10.5 Å². The first kappa shape index (κ1) is 27.8. The van der Waals surface area contributed by atoms with E-state index < -0.39 is 23.6 Å². The molecule has 4 rings (SSSR count). The molecule has 0 bridgehead atoms. The van der Waals surface area contributed by atoms with Gasteiger partial charge in [-0.25, -0.2) is 0 Å². The van der Waals surface area contributed by atoms with Gasteiger partial charge in [0.25, 0.3) is 0 Å². The number of aromatic nitrogens is 1.